The van der Waals surface area contributed by atoms with Crippen molar-refractivity contribution in [2.24, 2.45) is 0 Å². The van der Waals surface area contributed by atoms with Crippen LogP contribution < -0.4 is 0 Å². The molecule has 3 heterocycles. The Morgan fingerprint density at radius 3 is 1.75 bits per heavy atom. The fourth-order valence-electron chi connectivity index (χ4n) is 3.43. The molecule has 0 atom stereocenters. The molecule has 0 bridgehead atoms. The summed E-state index contributed by atoms with van der Waals surface area (Å²) in [7, 11) is 0. The zero-order valence-corrected chi connectivity index (χ0v) is 13.0. The van der Waals surface area contributed by atoms with Crippen LogP contribution in [0.3, 0.4) is 0 Å². The molecule has 4 heteroatoms. The van der Waals surface area contributed by atoms with Crippen molar-refractivity contribution in [3.05, 3.63) is 90.0 Å². The highest BCUT2D eigenvalue weighted by Gasteiger charge is 2.22. The first-order chi connectivity index (χ1) is 11.9. The Balaban J connectivity index is 1.72. The Hall–Kier alpha value is -3.27. The van der Waals surface area contributed by atoms with Crippen LogP contribution in [-0.2, 0) is 0 Å². The standard InChI is InChI=1S/C20H16N4/c1-3-7-15-13(5-1)11-18(22-15)20(17-9-10-21-24-17)19-12-14-6-2-4-8-16(14)23-19/h1-12,20,22-23H,(H,21,24). The van der Waals surface area contributed by atoms with Crippen molar-refractivity contribution in [1.29, 1.82) is 0 Å². The van der Waals surface area contributed by atoms with E-state index >= 15 is 0 Å². The van der Waals surface area contributed by atoms with Gasteiger partial charge < -0.3 is 9.97 Å². The van der Waals surface area contributed by atoms with Crippen molar-refractivity contribution in [3.8, 4) is 0 Å². The largest absolute Gasteiger partial charge is 0.358 e. The van der Waals surface area contributed by atoms with Crippen molar-refractivity contribution >= 4 is 21.8 Å². The number of aromatic amines is 3. The van der Waals surface area contributed by atoms with Crippen molar-refractivity contribution < 1.29 is 0 Å². The van der Waals surface area contributed by atoms with Crippen LogP contribution in [0.4, 0.5) is 0 Å². The Morgan fingerprint density at radius 2 is 1.25 bits per heavy atom. The molecule has 3 aromatic heterocycles. The van der Waals surface area contributed by atoms with Gasteiger partial charge in [-0.25, -0.2) is 0 Å². The van der Waals surface area contributed by atoms with Gasteiger partial charge in [-0.1, -0.05) is 36.4 Å². The second kappa shape index (κ2) is 5.13. The van der Waals surface area contributed by atoms with Crippen LogP contribution in [0.5, 0.6) is 0 Å². The number of hydrogen-bond acceptors (Lipinski definition) is 1. The van der Waals surface area contributed by atoms with Crippen LogP contribution >= 0.6 is 0 Å². The van der Waals surface area contributed by atoms with Gasteiger partial charge >= 0.3 is 0 Å². The van der Waals surface area contributed by atoms with E-state index in [1.165, 1.54) is 10.8 Å². The average Bonchev–Trinajstić information content (AvgIpc) is 3.34. The lowest BCUT2D eigenvalue weighted by molar-refractivity contribution is 0.849. The number of nitrogens with zero attached hydrogens (tertiary/aromatic N) is 1. The SMILES string of the molecule is c1ccc2[nH]c(C(c3ccn[nH]3)c3cc4ccccc4[nH]3)cc2c1. The molecule has 0 aliphatic rings. The first kappa shape index (κ1) is 13.2. The van der Waals surface area contributed by atoms with Gasteiger partial charge in [-0.15, -0.1) is 0 Å². The van der Waals surface area contributed by atoms with Crippen molar-refractivity contribution in [3.63, 3.8) is 0 Å². The highest BCUT2D eigenvalue weighted by atomic mass is 15.1. The van der Waals surface area contributed by atoms with Crippen LogP contribution in [0.1, 0.15) is 23.0 Å². The number of fused-ring (bicyclic) bond motifs is 2. The maximum absolute atomic E-state index is 4.15. The minimum atomic E-state index is 0.0623. The molecule has 0 radical (unpaired) electrons. The number of aromatic nitrogens is 4. The Bertz CT molecular complexity index is 975. The molecule has 5 aromatic rings. The van der Waals surface area contributed by atoms with Gasteiger partial charge in [0.1, 0.15) is 0 Å². The molecular weight excluding hydrogens is 296 g/mol. The third kappa shape index (κ3) is 2.04. The average molecular weight is 312 g/mol. The molecule has 0 amide bonds. The molecule has 5 rings (SSSR count). The minimum Gasteiger partial charge on any atom is -0.358 e. The molecule has 4 nitrogen and oxygen atoms in total. The summed E-state index contributed by atoms with van der Waals surface area (Å²) < 4.78 is 0. The number of benzene rings is 2. The van der Waals surface area contributed by atoms with E-state index in [0.717, 1.165) is 28.1 Å². The normalized spacial score (nSPS) is 11.7. The predicted molar refractivity (Wildman–Crippen MR) is 96.1 cm³/mol. The van der Waals surface area contributed by atoms with Crippen LogP contribution in [-0.4, -0.2) is 20.2 Å². The van der Waals surface area contributed by atoms with E-state index < -0.39 is 0 Å². The molecule has 2 aromatic carbocycles. The van der Waals surface area contributed by atoms with E-state index in [9.17, 15) is 0 Å². The summed E-state index contributed by atoms with van der Waals surface area (Å²) in [6.45, 7) is 0. The summed E-state index contributed by atoms with van der Waals surface area (Å²) in [4.78, 5) is 7.12. The number of rotatable bonds is 3. The second-order valence-corrected chi connectivity index (χ2v) is 6.07. The third-order valence-electron chi connectivity index (χ3n) is 4.56. The molecule has 0 aliphatic heterocycles. The monoisotopic (exact) mass is 312 g/mol. The summed E-state index contributed by atoms with van der Waals surface area (Å²) in [5.74, 6) is 0.0623. The van der Waals surface area contributed by atoms with Gasteiger partial charge in [0.25, 0.3) is 0 Å². The number of para-hydroxylation sites is 2. The van der Waals surface area contributed by atoms with Gasteiger partial charge in [-0.05, 0) is 41.1 Å². The minimum absolute atomic E-state index is 0.0623. The first-order valence-corrected chi connectivity index (χ1v) is 8.03. The summed E-state index contributed by atoms with van der Waals surface area (Å²) in [6.07, 6.45) is 1.80. The smallest absolute Gasteiger partial charge is 0.0808 e. The second-order valence-electron chi connectivity index (χ2n) is 6.07. The number of nitrogens with one attached hydrogen (secondary N) is 3. The van der Waals surface area contributed by atoms with E-state index in [1.807, 2.05) is 6.07 Å². The maximum Gasteiger partial charge on any atom is 0.0808 e. The maximum atomic E-state index is 4.15. The molecule has 0 fully saturated rings. The van der Waals surface area contributed by atoms with E-state index in [-0.39, 0.29) is 5.92 Å². The molecule has 3 N–H and O–H groups in total. The van der Waals surface area contributed by atoms with Gasteiger partial charge in [0.2, 0.25) is 0 Å². The highest BCUT2D eigenvalue weighted by molar-refractivity contribution is 5.82. The van der Waals surface area contributed by atoms with Crippen LogP contribution in [0, 0.1) is 0 Å². The number of hydrogen-bond donors (Lipinski definition) is 3. The molecule has 116 valence electrons. The fraction of sp³-hybridized carbons (Fsp3) is 0.0500. The molecule has 0 unspecified atom stereocenters. The topological polar surface area (TPSA) is 60.3 Å². The Morgan fingerprint density at radius 1 is 0.667 bits per heavy atom. The van der Waals surface area contributed by atoms with E-state index in [1.54, 1.807) is 6.20 Å². The summed E-state index contributed by atoms with van der Waals surface area (Å²) >= 11 is 0. The molecule has 0 aliphatic carbocycles. The molecule has 0 saturated carbocycles. The lowest BCUT2D eigenvalue weighted by Gasteiger charge is -2.12. The van der Waals surface area contributed by atoms with Gasteiger partial charge in [0.15, 0.2) is 0 Å². The van der Waals surface area contributed by atoms with E-state index in [2.05, 4.69) is 80.8 Å². The predicted octanol–water partition coefficient (Wildman–Crippen LogP) is 4.55. The van der Waals surface area contributed by atoms with Crippen molar-refractivity contribution in [1.82, 2.24) is 20.2 Å². The summed E-state index contributed by atoms with van der Waals surface area (Å²) in [5.41, 5.74) is 5.65. The highest BCUT2D eigenvalue weighted by Crippen LogP contribution is 2.33. The van der Waals surface area contributed by atoms with Crippen LogP contribution in [0.25, 0.3) is 21.8 Å². The lowest BCUT2D eigenvalue weighted by Crippen LogP contribution is -2.04. The zero-order valence-electron chi connectivity index (χ0n) is 13.0. The Labute approximate surface area is 138 Å². The molecular formula is C20H16N4. The van der Waals surface area contributed by atoms with Crippen LogP contribution in [0.2, 0.25) is 0 Å². The first-order valence-electron chi connectivity index (χ1n) is 8.03. The van der Waals surface area contributed by atoms with E-state index in [0.29, 0.717) is 0 Å². The van der Waals surface area contributed by atoms with E-state index in [4.69, 9.17) is 0 Å². The van der Waals surface area contributed by atoms with Gasteiger partial charge in [0, 0.05) is 28.6 Å². The molecule has 0 saturated heterocycles. The number of H-pyrrole nitrogens is 3. The summed E-state index contributed by atoms with van der Waals surface area (Å²) in [5, 5.41) is 9.71. The Kier molecular flexibility index (Phi) is 2.82. The summed E-state index contributed by atoms with van der Waals surface area (Å²) in [6, 6.07) is 23.2. The fourth-order valence-corrected chi connectivity index (χ4v) is 3.43. The van der Waals surface area contributed by atoms with Crippen molar-refractivity contribution in [2.45, 2.75) is 5.92 Å². The van der Waals surface area contributed by atoms with Gasteiger partial charge in [-0.2, -0.15) is 5.10 Å². The third-order valence-corrected chi connectivity index (χ3v) is 4.56. The lowest BCUT2D eigenvalue weighted by atomic mass is 9.97. The molecule has 0 spiro atoms. The molecule has 24 heavy (non-hydrogen) atoms. The van der Waals surface area contributed by atoms with Gasteiger partial charge in [-0.3, -0.25) is 5.10 Å². The van der Waals surface area contributed by atoms with Gasteiger partial charge in [0.05, 0.1) is 11.6 Å². The zero-order chi connectivity index (χ0) is 15.9. The van der Waals surface area contributed by atoms with Crippen LogP contribution in [0.15, 0.2) is 72.9 Å². The van der Waals surface area contributed by atoms with Crippen molar-refractivity contribution in [2.75, 3.05) is 0 Å². The quantitative estimate of drug-likeness (QED) is 0.449.